The van der Waals surface area contributed by atoms with E-state index in [1.54, 1.807) is 6.21 Å². The zero-order valence-electron chi connectivity index (χ0n) is 21.0. The fourth-order valence-electron chi connectivity index (χ4n) is 4.12. The summed E-state index contributed by atoms with van der Waals surface area (Å²) < 4.78 is 0. The Morgan fingerprint density at radius 2 is 1.71 bits per heavy atom. The number of nitrogens with one attached hydrogen (secondary N) is 2. The summed E-state index contributed by atoms with van der Waals surface area (Å²) in [7, 11) is 2.04. The number of halogens is 1. The lowest BCUT2D eigenvalue weighted by Gasteiger charge is -2.19. The number of para-hydroxylation sites is 1. The number of anilines is 1. The number of fused-ring (bicyclic) bond motifs is 1. The fraction of sp³-hybridized carbons (Fsp3) is 0.167. The molecule has 0 radical (unpaired) electrons. The summed E-state index contributed by atoms with van der Waals surface area (Å²) in [5.74, 6) is -0.572. The minimum Gasteiger partial charge on any atom is -0.506 e. The number of aromatic hydroxyl groups is 1. The maximum Gasteiger partial charge on any atom is 0.271 e. The van der Waals surface area contributed by atoms with Crippen LogP contribution in [0.1, 0.15) is 27.9 Å². The molecule has 7 nitrogen and oxygen atoms in total. The van der Waals surface area contributed by atoms with Crippen molar-refractivity contribution in [1.82, 2.24) is 10.7 Å². The third-order valence-corrected chi connectivity index (χ3v) is 6.47. The summed E-state index contributed by atoms with van der Waals surface area (Å²) in [5.41, 5.74) is 5.63. The van der Waals surface area contributed by atoms with E-state index >= 15 is 0 Å². The number of nitrogens with zero attached hydrogens (tertiary/aromatic N) is 2. The van der Waals surface area contributed by atoms with Crippen LogP contribution in [0.5, 0.6) is 5.75 Å². The molecule has 4 aromatic rings. The number of hydrogen-bond donors (Lipinski definition) is 3. The van der Waals surface area contributed by atoms with Gasteiger partial charge in [-0.15, -0.1) is 0 Å². The molecule has 0 aliphatic rings. The third kappa shape index (κ3) is 6.89. The maximum atomic E-state index is 12.7. The lowest BCUT2D eigenvalue weighted by molar-refractivity contribution is -0.120. The van der Waals surface area contributed by atoms with Crippen LogP contribution >= 0.6 is 11.6 Å². The molecule has 0 unspecified atom stereocenters. The van der Waals surface area contributed by atoms with Gasteiger partial charge in [-0.05, 0) is 53.1 Å². The van der Waals surface area contributed by atoms with E-state index in [2.05, 4.69) is 32.9 Å². The van der Waals surface area contributed by atoms with Gasteiger partial charge in [-0.25, -0.2) is 5.43 Å². The molecular weight excluding hydrogens is 500 g/mol. The fourth-order valence-corrected chi connectivity index (χ4v) is 4.30. The number of hydrogen-bond acceptors (Lipinski definition) is 5. The second-order valence-corrected chi connectivity index (χ2v) is 9.27. The van der Waals surface area contributed by atoms with Crippen LogP contribution in [0.4, 0.5) is 5.69 Å². The Morgan fingerprint density at radius 3 is 2.47 bits per heavy atom. The number of hydrazone groups is 1. The van der Waals surface area contributed by atoms with Crippen LogP contribution in [-0.4, -0.2) is 43.3 Å². The van der Waals surface area contributed by atoms with Crippen molar-refractivity contribution in [3.05, 3.63) is 107 Å². The molecule has 0 aromatic heterocycles. The molecule has 0 spiro atoms. The molecule has 0 saturated heterocycles. The van der Waals surface area contributed by atoms with E-state index in [1.165, 1.54) is 18.2 Å². The Bertz CT molecular complexity index is 1460. The van der Waals surface area contributed by atoms with Gasteiger partial charge >= 0.3 is 0 Å². The van der Waals surface area contributed by atoms with Crippen LogP contribution in [0, 0.1) is 0 Å². The molecule has 0 fully saturated rings. The van der Waals surface area contributed by atoms with Gasteiger partial charge in [-0.1, -0.05) is 66.2 Å². The summed E-state index contributed by atoms with van der Waals surface area (Å²) in [4.78, 5) is 27.2. The van der Waals surface area contributed by atoms with Crippen LogP contribution in [-0.2, 0) is 11.2 Å². The highest BCUT2D eigenvalue weighted by atomic mass is 35.5. The molecule has 0 aliphatic carbocycles. The van der Waals surface area contributed by atoms with E-state index in [1.807, 2.05) is 61.6 Å². The van der Waals surface area contributed by atoms with Crippen molar-refractivity contribution in [2.75, 3.05) is 25.0 Å². The third-order valence-electron chi connectivity index (χ3n) is 6.17. The molecule has 4 aromatic carbocycles. The number of phenols is 1. The number of carbonyl (C=O) groups is 2. The Labute approximate surface area is 226 Å². The number of carbonyl (C=O) groups excluding carboxylic acids is 2. The summed E-state index contributed by atoms with van der Waals surface area (Å²) >= 11 is 5.88. The average Bonchev–Trinajstić information content (AvgIpc) is 2.94. The van der Waals surface area contributed by atoms with Gasteiger partial charge in [0.1, 0.15) is 5.75 Å². The van der Waals surface area contributed by atoms with Crippen LogP contribution in [0.15, 0.2) is 90.0 Å². The minimum atomic E-state index is -0.448. The molecule has 0 saturated carbocycles. The minimum absolute atomic E-state index is 0.0289. The zero-order chi connectivity index (χ0) is 26.9. The normalized spacial score (nSPS) is 11.0. The molecule has 0 atom stereocenters. The Balaban J connectivity index is 1.34. The van der Waals surface area contributed by atoms with Gasteiger partial charge in [0.05, 0.1) is 17.7 Å². The Kier molecular flexibility index (Phi) is 8.95. The van der Waals surface area contributed by atoms with Crippen molar-refractivity contribution >= 4 is 46.1 Å². The van der Waals surface area contributed by atoms with E-state index in [4.69, 9.17) is 11.6 Å². The zero-order valence-corrected chi connectivity index (χ0v) is 21.8. The molecule has 38 heavy (non-hydrogen) atoms. The summed E-state index contributed by atoms with van der Waals surface area (Å²) in [6.07, 6.45) is 2.68. The van der Waals surface area contributed by atoms with Crippen molar-refractivity contribution in [3.8, 4) is 5.75 Å². The quantitative estimate of drug-likeness (QED) is 0.151. The molecule has 194 valence electrons. The number of amides is 2. The first-order valence-corrected chi connectivity index (χ1v) is 12.7. The molecule has 8 heteroatoms. The van der Waals surface area contributed by atoms with Gasteiger partial charge in [0.2, 0.25) is 5.91 Å². The molecule has 4 rings (SSSR count). The summed E-state index contributed by atoms with van der Waals surface area (Å²) in [6, 6.07) is 25.9. The first kappa shape index (κ1) is 26.7. The monoisotopic (exact) mass is 528 g/mol. The van der Waals surface area contributed by atoms with Crippen LogP contribution in [0.2, 0.25) is 5.02 Å². The van der Waals surface area contributed by atoms with Gasteiger partial charge < -0.3 is 15.3 Å². The van der Waals surface area contributed by atoms with Crippen LogP contribution < -0.4 is 15.6 Å². The Morgan fingerprint density at radius 1 is 0.974 bits per heavy atom. The van der Waals surface area contributed by atoms with Crippen molar-refractivity contribution < 1.29 is 14.7 Å². The standard InChI is InChI=1S/C30H29ClN4O3/c1-35(24-8-3-2-4-9-24)17-7-16-32-29(37)19-21-12-13-23(26-11-6-5-10-25(21)26)20-33-34-30(38)22-14-15-28(36)27(31)18-22/h2-6,8-15,18,20,36H,7,16-17,19H2,1H3,(H,32,37)(H,34,38). The van der Waals surface area contributed by atoms with Crippen molar-refractivity contribution in [3.63, 3.8) is 0 Å². The molecule has 0 aliphatic heterocycles. The van der Waals surface area contributed by atoms with Crippen molar-refractivity contribution in [2.24, 2.45) is 5.10 Å². The van der Waals surface area contributed by atoms with Gasteiger partial charge in [0, 0.05) is 37.0 Å². The van der Waals surface area contributed by atoms with Crippen molar-refractivity contribution in [2.45, 2.75) is 12.8 Å². The predicted octanol–water partition coefficient (Wildman–Crippen LogP) is 5.15. The smallest absolute Gasteiger partial charge is 0.271 e. The van der Waals surface area contributed by atoms with E-state index in [-0.39, 0.29) is 28.7 Å². The first-order chi connectivity index (χ1) is 18.4. The highest BCUT2D eigenvalue weighted by Crippen LogP contribution is 2.24. The first-order valence-electron chi connectivity index (χ1n) is 12.3. The topological polar surface area (TPSA) is 94.0 Å². The van der Waals surface area contributed by atoms with E-state index in [0.29, 0.717) is 6.54 Å². The lowest BCUT2D eigenvalue weighted by Crippen LogP contribution is -2.29. The predicted molar refractivity (Wildman–Crippen MR) is 153 cm³/mol. The summed E-state index contributed by atoms with van der Waals surface area (Å²) in [5, 5.41) is 18.6. The molecule has 0 heterocycles. The lowest BCUT2D eigenvalue weighted by atomic mass is 9.98. The van der Waals surface area contributed by atoms with Crippen LogP contribution in [0.25, 0.3) is 10.8 Å². The van der Waals surface area contributed by atoms with Gasteiger partial charge in [0.25, 0.3) is 5.91 Å². The van der Waals surface area contributed by atoms with Gasteiger partial charge in [0.15, 0.2) is 0 Å². The maximum absolute atomic E-state index is 12.7. The van der Waals surface area contributed by atoms with Gasteiger partial charge in [-0.2, -0.15) is 5.10 Å². The second kappa shape index (κ2) is 12.7. The Hall–Kier alpha value is -4.36. The highest BCUT2D eigenvalue weighted by molar-refractivity contribution is 6.32. The molecule has 2 amide bonds. The summed E-state index contributed by atoms with van der Waals surface area (Å²) in [6.45, 7) is 1.45. The van der Waals surface area contributed by atoms with Crippen LogP contribution in [0.3, 0.4) is 0 Å². The number of benzene rings is 4. The largest absolute Gasteiger partial charge is 0.506 e. The SMILES string of the molecule is CN(CCCNC(=O)Cc1ccc(C=NNC(=O)c2ccc(O)c(Cl)c2)c2ccccc12)c1ccccc1. The average molecular weight is 529 g/mol. The number of phenolic OH excluding ortho intramolecular Hbond substituents is 1. The molecular formula is C30H29ClN4O3. The number of rotatable bonds is 10. The molecule has 0 bridgehead atoms. The van der Waals surface area contributed by atoms with E-state index in [9.17, 15) is 14.7 Å². The van der Waals surface area contributed by atoms with E-state index in [0.717, 1.165) is 40.6 Å². The second-order valence-electron chi connectivity index (χ2n) is 8.86. The van der Waals surface area contributed by atoms with E-state index < -0.39 is 5.91 Å². The van der Waals surface area contributed by atoms with Gasteiger partial charge in [-0.3, -0.25) is 9.59 Å². The molecule has 3 N–H and O–H groups in total. The highest BCUT2D eigenvalue weighted by Gasteiger charge is 2.10. The van der Waals surface area contributed by atoms with Crippen molar-refractivity contribution in [1.29, 1.82) is 0 Å².